The molecule has 4 rings (SSSR count). The molecule has 2 N–H and O–H groups in total. The lowest BCUT2D eigenvalue weighted by Crippen LogP contribution is -2.38. The summed E-state index contributed by atoms with van der Waals surface area (Å²) in [6.07, 6.45) is 3.94. The summed E-state index contributed by atoms with van der Waals surface area (Å²) in [5, 5.41) is 7.34. The summed E-state index contributed by atoms with van der Waals surface area (Å²) in [7, 11) is 0. The Labute approximate surface area is 146 Å². The zero-order valence-electron chi connectivity index (χ0n) is 14.0. The molecule has 0 bridgehead atoms. The first-order valence-electron chi connectivity index (χ1n) is 8.74. The van der Waals surface area contributed by atoms with Gasteiger partial charge in [-0.1, -0.05) is 18.2 Å². The first-order valence-corrected chi connectivity index (χ1v) is 8.74. The van der Waals surface area contributed by atoms with E-state index in [0.717, 1.165) is 30.4 Å². The van der Waals surface area contributed by atoms with Crippen molar-refractivity contribution >= 4 is 16.8 Å². The van der Waals surface area contributed by atoms with E-state index in [1.54, 1.807) is 6.26 Å². The number of carbonyl (C=O) groups is 1. The maximum atomic E-state index is 12.8. The number of hydrogen-bond donors (Lipinski definition) is 2. The number of para-hydroxylation sites is 1. The van der Waals surface area contributed by atoms with E-state index in [4.69, 9.17) is 4.42 Å². The quantitative estimate of drug-likeness (QED) is 0.768. The summed E-state index contributed by atoms with van der Waals surface area (Å²) in [4.78, 5) is 17.5. The zero-order valence-corrected chi connectivity index (χ0v) is 14.0. The van der Waals surface area contributed by atoms with Crippen LogP contribution in [0, 0.1) is 5.92 Å². The topological polar surface area (TPSA) is 67.2 Å². The molecule has 2 aromatic heterocycles. The second-order valence-corrected chi connectivity index (χ2v) is 6.47. The van der Waals surface area contributed by atoms with Crippen molar-refractivity contribution in [1.82, 2.24) is 15.6 Å². The van der Waals surface area contributed by atoms with Gasteiger partial charge in [-0.25, -0.2) is 4.98 Å². The monoisotopic (exact) mass is 335 g/mol. The lowest BCUT2D eigenvalue weighted by atomic mass is 9.99. The van der Waals surface area contributed by atoms with E-state index in [-0.39, 0.29) is 5.91 Å². The number of fused-ring (bicyclic) bond motifs is 1. The van der Waals surface area contributed by atoms with Gasteiger partial charge in [-0.05, 0) is 56.1 Å². The fourth-order valence-corrected chi connectivity index (χ4v) is 3.34. The highest BCUT2D eigenvalue weighted by Crippen LogP contribution is 2.25. The maximum Gasteiger partial charge on any atom is 0.252 e. The summed E-state index contributed by atoms with van der Waals surface area (Å²) in [5.41, 5.74) is 2.11. The molecule has 25 heavy (non-hydrogen) atoms. The van der Waals surface area contributed by atoms with Gasteiger partial charge in [0.25, 0.3) is 5.91 Å². The van der Waals surface area contributed by atoms with Crippen LogP contribution in [0.2, 0.25) is 0 Å². The minimum atomic E-state index is -0.0584. The summed E-state index contributed by atoms with van der Waals surface area (Å²) in [5.74, 6) is 1.10. The van der Waals surface area contributed by atoms with Gasteiger partial charge in [0.15, 0.2) is 5.76 Å². The van der Waals surface area contributed by atoms with Crippen molar-refractivity contribution < 1.29 is 9.21 Å². The fourth-order valence-electron chi connectivity index (χ4n) is 3.34. The van der Waals surface area contributed by atoms with Gasteiger partial charge in [-0.2, -0.15) is 0 Å². The predicted octanol–water partition coefficient (Wildman–Crippen LogP) is 3.22. The molecule has 1 saturated heterocycles. The van der Waals surface area contributed by atoms with Gasteiger partial charge < -0.3 is 15.1 Å². The number of piperidine rings is 1. The van der Waals surface area contributed by atoms with Crippen molar-refractivity contribution in [2.45, 2.75) is 12.8 Å². The molecule has 0 aliphatic carbocycles. The largest absolute Gasteiger partial charge is 0.463 e. The second kappa shape index (κ2) is 7.07. The first kappa shape index (κ1) is 15.8. The molecular weight excluding hydrogens is 314 g/mol. The van der Waals surface area contributed by atoms with E-state index in [1.165, 1.54) is 6.42 Å². The third-order valence-electron chi connectivity index (χ3n) is 4.68. The second-order valence-electron chi connectivity index (χ2n) is 6.47. The van der Waals surface area contributed by atoms with Crippen LogP contribution in [0.1, 0.15) is 23.2 Å². The van der Waals surface area contributed by atoms with Crippen LogP contribution >= 0.6 is 0 Å². The molecule has 3 aromatic rings. The molecule has 0 saturated carbocycles. The van der Waals surface area contributed by atoms with Gasteiger partial charge in [0.05, 0.1) is 17.3 Å². The average Bonchev–Trinajstić information content (AvgIpc) is 3.21. The van der Waals surface area contributed by atoms with Crippen LogP contribution < -0.4 is 10.6 Å². The van der Waals surface area contributed by atoms with Crippen LogP contribution in [0.5, 0.6) is 0 Å². The third kappa shape index (κ3) is 3.42. The van der Waals surface area contributed by atoms with Gasteiger partial charge in [-0.3, -0.25) is 4.79 Å². The Morgan fingerprint density at radius 1 is 1.28 bits per heavy atom. The van der Waals surface area contributed by atoms with E-state index in [0.29, 0.717) is 29.5 Å². The normalized spacial score (nSPS) is 17.5. The van der Waals surface area contributed by atoms with E-state index in [1.807, 2.05) is 42.5 Å². The molecule has 1 aliphatic rings. The number of nitrogens with zero attached hydrogens (tertiary/aromatic N) is 1. The molecule has 5 nitrogen and oxygen atoms in total. The molecule has 0 spiro atoms. The molecule has 1 aromatic carbocycles. The van der Waals surface area contributed by atoms with Gasteiger partial charge in [-0.15, -0.1) is 0 Å². The number of benzene rings is 1. The Hall–Kier alpha value is -2.66. The van der Waals surface area contributed by atoms with E-state index in [9.17, 15) is 4.79 Å². The summed E-state index contributed by atoms with van der Waals surface area (Å²) in [6, 6.07) is 13.2. The number of carbonyl (C=O) groups excluding carboxylic acids is 1. The SMILES string of the molecule is O=C(NCC1CCCNC1)c1cc(-c2ccco2)nc2ccccc12. The van der Waals surface area contributed by atoms with E-state index >= 15 is 0 Å². The Balaban J connectivity index is 1.63. The lowest BCUT2D eigenvalue weighted by Gasteiger charge is -2.23. The molecule has 1 atom stereocenters. The van der Waals surface area contributed by atoms with Crippen molar-refractivity contribution in [3.05, 3.63) is 54.3 Å². The van der Waals surface area contributed by atoms with Crippen molar-refractivity contribution in [3.63, 3.8) is 0 Å². The molecule has 1 aliphatic heterocycles. The van der Waals surface area contributed by atoms with Crippen LogP contribution in [0.3, 0.4) is 0 Å². The number of hydrogen-bond acceptors (Lipinski definition) is 4. The minimum absolute atomic E-state index is 0.0584. The van der Waals surface area contributed by atoms with Crippen LogP contribution in [0.15, 0.2) is 53.1 Å². The van der Waals surface area contributed by atoms with E-state index in [2.05, 4.69) is 15.6 Å². The molecule has 1 unspecified atom stereocenters. The number of pyridine rings is 1. The number of nitrogens with one attached hydrogen (secondary N) is 2. The third-order valence-corrected chi connectivity index (χ3v) is 4.68. The molecule has 5 heteroatoms. The van der Waals surface area contributed by atoms with Gasteiger partial charge in [0.2, 0.25) is 0 Å². The molecular formula is C20H21N3O2. The van der Waals surface area contributed by atoms with Crippen LogP contribution in [-0.2, 0) is 0 Å². The lowest BCUT2D eigenvalue weighted by molar-refractivity contribution is 0.0946. The minimum Gasteiger partial charge on any atom is -0.463 e. The molecule has 3 heterocycles. The Bertz CT molecular complexity index is 868. The zero-order chi connectivity index (χ0) is 17.1. The average molecular weight is 335 g/mol. The van der Waals surface area contributed by atoms with Crippen LogP contribution in [0.4, 0.5) is 0 Å². The smallest absolute Gasteiger partial charge is 0.252 e. The number of aromatic nitrogens is 1. The van der Waals surface area contributed by atoms with Gasteiger partial charge in [0, 0.05) is 11.9 Å². The van der Waals surface area contributed by atoms with Crippen molar-refractivity contribution in [2.75, 3.05) is 19.6 Å². The Kier molecular flexibility index (Phi) is 4.48. The summed E-state index contributed by atoms with van der Waals surface area (Å²) >= 11 is 0. The summed E-state index contributed by atoms with van der Waals surface area (Å²) < 4.78 is 5.46. The van der Waals surface area contributed by atoms with Crippen molar-refractivity contribution in [1.29, 1.82) is 0 Å². The Morgan fingerprint density at radius 3 is 3.00 bits per heavy atom. The number of amides is 1. The van der Waals surface area contributed by atoms with Gasteiger partial charge >= 0.3 is 0 Å². The molecule has 1 fully saturated rings. The standard InChI is InChI=1S/C20H21N3O2/c24-20(22-13-14-5-3-9-21-12-14)16-11-18(19-8-4-10-25-19)23-17-7-2-1-6-15(16)17/h1-2,4,6-8,10-11,14,21H,3,5,9,12-13H2,(H,22,24). The van der Waals surface area contributed by atoms with Crippen molar-refractivity contribution in [3.8, 4) is 11.5 Å². The molecule has 1 amide bonds. The van der Waals surface area contributed by atoms with Gasteiger partial charge in [0.1, 0.15) is 5.69 Å². The number of furan rings is 1. The molecule has 128 valence electrons. The van der Waals surface area contributed by atoms with Crippen molar-refractivity contribution in [2.24, 2.45) is 5.92 Å². The highest BCUT2D eigenvalue weighted by atomic mass is 16.3. The fraction of sp³-hybridized carbons (Fsp3) is 0.300. The first-order chi connectivity index (χ1) is 12.3. The summed E-state index contributed by atoms with van der Waals surface area (Å²) in [6.45, 7) is 2.74. The maximum absolute atomic E-state index is 12.8. The van der Waals surface area contributed by atoms with E-state index < -0.39 is 0 Å². The predicted molar refractivity (Wildman–Crippen MR) is 97.4 cm³/mol. The highest BCUT2D eigenvalue weighted by Gasteiger charge is 2.17. The Morgan fingerprint density at radius 2 is 2.20 bits per heavy atom. The highest BCUT2D eigenvalue weighted by molar-refractivity contribution is 6.07. The number of rotatable bonds is 4. The molecule has 0 radical (unpaired) electrons. The van der Waals surface area contributed by atoms with Crippen LogP contribution in [-0.4, -0.2) is 30.5 Å². The van der Waals surface area contributed by atoms with Crippen LogP contribution in [0.25, 0.3) is 22.4 Å².